The van der Waals surface area contributed by atoms with Crippen LogP contribution in [0.25, 0.3) is 0 Å². The van der Waals surface area contributed by atoms with Gasteiger partial charge in [-0.1, -0.05) is 24.3 Å². The first kappa shape index (κ1) is 9.53. The Labute approximate surface area is 86.2 Å². The SMILES string of the molecule is CN1CCN(C2=CCC=CC=C2)CC1. The lowest BCUT2D eigenvalue weighted by molar-refractivity contribution is 0.190. The summed E-state index contributed by atoms with van der Waals surface area (Å²) in [6.07, 6.45) is 12.0. The minimum atomic E-state index is 1.06. The van der Waals surface area contributed by atoms with Gasteiger partial charge in [0.1, 0.15) is 0 Å². The quantitative estimate of drug-likeness (QED) is 0.620. The van der Waals surface area contributed by atoms with Gasteiger partial charge in [0.25, 0.3) is 0 Å². The van der Waals surface area contributed by atoms with E-state index >= 15 is 0 Å². The summed E-state index contributed by atoms with van der Waals surface area (Å²) in [5.41, 5.74) is 1.39. The van der Waals surface area contributed by atoms with Crippen molar-refractivity contribution >= 4 is 0 Å². The van der Waals surface area contributed by atoms with Gasteiger partial charge in [-0.05, 0) is 19.5 Å². The van der Waals surface area contributed by atoms with E-state index in [4.69, 9.17) is 0 Å². The molecule has 0 saturated carbocycles. The Morgan fingerprint density at radius 2 is 1.86 bits per heavy atom. The topological polar surface area (TPSA) is 6.48 Å². The van der Waals surface area contributed by atoms with Crippen LogP contribution < -0.4 is 0 Å². The Balaban J connectivity index is 1.98. The first-order valence-corrected chi connectivity index (χ1v) is 5.33. The van der Waals surface area contributed by atoms with Crippen molar-refractivity contribution in [1.82, 2.24) is 9.80 Å². The highest BCUT2D eigenvalue weighted by Gasteiger charge is 2.14. The minimum Gasteiger partial charge on any atom is -0.369 e. The van der Waals surface area contributed by atoms with E-state index in [1.54, 1.807) is 0 Å². The molecule has 1 heterocycles. The third kappa shape index (κ3) is 2.26. The van der Waals surface area contributed by atoms with Crippen molar-refractivity contribution < 1.29 is 0 Å². The highest BCUT2D eigenvalue weighted by molar-refractivity contribution is 5.25. The molecular weight excluding hydrogens is 172 g/mol. The predicted molar refractivity (Wildman–Crippen MR) is 60.1 cm³/mol. The molecule has 0 spiro atoms. The van der Waals surface area contributed by atoms with Crippen LogP contribution in [0, 0.1) is 0 Å². The molecule has 0 radical (unpaired) electrons. The smallest absolute Gasteiger partial charge is 0.0329 e. The molecule has 1 aliphatic carbocycles. The number of rotatable bonds is 1. The molecule has 0 unspecified atom stereocenters. The molecule has 14 heavy (non-hydrogen) atoms. The second kappa shape index (κ2) is 4.47. The molecule has 0 aromatic rings. The molecule has 1 aliphatic heterocycles. The third-order valence-electron chi connectivity index (χ3n) is 2.85. The molecule has 0 amide bonds. The molecule has 76 valence electrons. The van der Waals surface area contributed by atoms with Crippen molar-refractivity contribution in [2.45, 2.75) is 6.42 Å². The number of hydrogen-bond donors (Lipinski definition) is 0. The van der Waals surface area contributed by atoms with Crippen molar-refractivity contribution in [2.24, 2.45) is 0 Å². The Bertz CT molecular complexity index is 268. The summed E-state index contributed by atoms with van der Waals surface area (Å²) in [6, 6.07) is 0. The average Bonchev–Trinajstić information content (AvgIpc) is 2.47. The molecule has 2 aliphatic rings. The fourth-order valence-electron chi connectivity index (χ4n) is 1.87. The summed E-state index contributed by atoms with van der Waals surface area (Å²) >= 11 is 0. The van der Waals surface area contributed by atoms with Gasteiger partial charge in [0, 0.05) is 31.9 Å². The summed E-state index contributed by atoms with van der Waals surface area (Å²) in [5.74, 6) is 0. The van der Waals surface area contributed by atoms with E-state index in [1.807, 2.05) is 0 Å². The maximum Gasteiger partial charge on any atom is 0.0329 e. The van der Waals surface area contributed by atoms with Crippen molar-refractivity contribution in [2.75, 3.05) is 33.2 Å². The average molecular weight is 190 g/mol. The van der Waals surface area contributed by atoms with Crippen LogP contribution in [0.2, 0.25) is 0 Å². The van der Waals surface area contributed by atoms with Crippen molar-refractivity contribution in [3.8, 4) is 0 Å². The van der Waals surface area contributed by atoms with Gasteiger partial charge < -0.3 is 9.80 Å². The monoisotopic (exact) mass is 190 g/mol. The molecule has 1 saturated heterocycles. The van der Waals surface area contributed by atoms with Crippen molar-refractivity contribution in [1.29, 1.82) is 0 Å². The van der Waals surface area contributed by atoms with Gasteiger partial charge in [-0.2, -0.15) is 0 Å². The number of hydrogen-bond acceptors (Lipinski definition) is 2. The summed E-state index contributed by atoms with van der Waals surface area (Å²) < 4.78 is 0. The molecule has 2 heteroatoms. The van der Waals surface area contributed by atoms with Crippen LogP contribution >= 0.6 is 0 Å². The third-order valence-corrected chi connectivity index (χ3v) is 2.85. The summed E-state index contributed by atoms with van der Waals surface area (Å²) in [7, 11) is 2.19. The first-order valence-electron chi connectivity index (χ1n) is 5.33. The van der Waals surface area contributed by atoms with Crippen LogP contribution in [0.15, 0.2) is 36.1 Å². The van der Waals surface area contributed by atoms with Crippen LogP contribution in [0.5, 0.6) is 0 Å². The Kier molecular flexibility index (Phi) is 3.04. The number of allylic oxidation sites excluding steroid dienone is 5. The van der Waals surface area contributed by atoms with Crippen LogP contribution in [0.3, 0.4) is 0 Å². The Hall–Kier alpha value is -1.02. The van der Waals surface area contributed by atoms with E-state index in [-0.39, 0.29) is 0 Å². The molecular formula is C12H18N2. The minimum absolute atomic E-state index is 1.06. The highest BCUT2D eigenvalue weighted by Crippen LogP contribution is 2.13. The second-order valence-corrected chi connectivity index (χ2v) is 3.94. The maximum atomic E-state index is 2.48. The van der Waals surface area contributed by atoms with Crippen LogP contribution in [0.4, 0.5) is 0 Å². The van der Waals surface area contributed by atoms with Gasteiger partial charge in [0.15, 0.2) is 0 Å². The van der Waals surface area contributed by atoms with E-state index in [0.29, 0.717) is 0 Å². The van der Waals surface area contributed by atoms with E-state index < -0.39 is 0 Å². The fourth-order valence-corrected chi connectivity index (χ4v) is 1.87. The fraction of sp³-hybridized carbons (Fsp3) is 0.500. The predicted octanol–water partition coefficient (Wildman–Crippen LogP) is 1.63. The Morgan fingerprint density at radius 1 is 1.07 bits per heavy atom. The summed E-state index contributed by atoms with van der Waals surface area (Å²) in [4.78, 5) is 4.86. The van der Waals surface area contributed by atoms with Gasteiger partial charge in [0.2, 0.25) is 0 Å². The first-order chi connectivity index (χ1) is 6.86. The lowest BCUT2D eigenvalue weighted by Gasteiger charge is -2.34. The highest BCUT2D eigenvalue weighted by atomic mass is 15.2. The maximum absolute atomic E-state index is 2.48. The van der Waals surface area contributed by atoms with E-state index in [2.05, 4.69) is 47.2 Å². The van der Waals surface area contributed by atoms with E-state index in [0.717, 1.165) is 19.5 Å². The zero-order chi connectivity index (χ0) is 9.80. The van der Waals surface area contributed by atoms with E-state index in [1.165, 1.54) is 18.8 Å². The lowest BCUT2D eigenvalue weighted by Crippen LogP contribution is -2.43. The zero-order valence-corrected chi connectivity index (χ0v) is 8.82. The van der Waals surface area contributed by atoms with Crippen molar-refractivity contribution in [3.63, 3.8) is 0 Å². The van der Waals surface area contributed by atoms with Gasteiger partial charge in [-0.3, -0.25) is 0 Å². The van der Waals surface area contributed by atoms with Crippen LogP contribution in [-0.4, -0.2) is 43.0 Å². The van der Waals surface area contributed by atoms with Gasteiger partial charge in [-0.25, -0.2) is 0 Å². The van der Waals surface area contributed by atoms with Gasteiger partial charge in [0.05, 0.1) is 0 Å². The Morgan fingerprint density at radius 3 is 2.64 bits per heavy atom. The van der Waals surface area contributed by atoms with Crippen molar-refractivity contribution in [3.05, 3.63) is 36.1 Å². The summed E-state index contributed by atoms with van der Waals surface area (Å²) in [6.45, 7) is 4.68. The molecule has 0 N–H and O–H groups in total. The lowest BCUT2D eigenvalue weighted by atomic mass is 10.2. The number of piperazine rings is 1. The molecule has 1 fully saturated rings. The number of likely N-dealkylation sites (N-methyl/N-ethyl adjacent to an activating group) is 1. The van der Waals surface area contributed by atoms with Gasteiger partial charge in [-0.15, -0.1) is 0 Å². The second-order valence-electron chi connectivity index (χ2n) is 3.94. The molecule has 2 nitrogen and oxygen atoms in total. The molecule has 0 aromatic carbocycles. The molecule has 2 rings (SSSR count). The van der Waals surface area contributed by atoms with E-state index in [9.17, 15) is 0 Å². The summed E-state index contributed by atoms with van der Waals surface area (Å²) in [5, 5.41) is 0. The zero-order valence-electron chi connectivity index (χ0n) is 8.82. The largest absolute Gasteiger partial charge is 0.369 e. The standard InChI is InChI=1S/C12H18N2/c1-13-8-10-14(11-9-13)12-6-4-2-3-5-7-12/h2-4,6-7H,5,8-11H2,1H3. The normalized spacial score (nSPS) is 23.5. The van der Waals surface area contributed by atoms with Crippen LogP contribution in [0.1, 0.15) is 6.42 Å². The molecule has 0 bridgehead atoms. The van der Waals surface area contributed by atoms with Crippen LogP contribution in [-0.2, 0) is 0 Å². The molecule has 0 atom stereocenters. The van der Waals surface area contributed by atoms with Gasteiger partial charge >= 0.3 is 0 Å². The number of nitrogens with zero attached hydrogens (tertiary/aromatic N) is 2. The molecule has 0 aromatic heterocycles.